The van der Waals surface area contributed by atoms with Crippen LogP contribution in [0.25, 0.3) is 10.9 Å². The average molecular weight is 365 g/mol. The molecule has 140 valence electrons. The van der Waals surface area contributed by atoms with E-state index < -0.39 is 0 Å². The fraction of sp³-hybridized carbons (Fsp3) is 0.350. The monoisotopic (exact) mass is 365 g/mol. The van der Waals surface area contributed by atoms with Gasteiger partial charge in [0.05, 0.1) is 36.7 Å². The molecule has 4 rings (SSSR count). The molecule has 0 aliphatic carbocycles. The number of amides is 1. The summed E-state index contributed by atoms with van der Waals surface area (Å²) in [6.45, 7) is 6.74. The second-order valence-electron chi connectivity index (χ2n) is 6.75. The van der Waals surface area contributed by atoms with Crippen molar-refractivity contribution in [1.82, 2.24) is 15.0 Å². The standard InChI is InChI=1S/C20H23N5O2/c1-13-19(14(2)23-20(22-13)25-7-9-27-10-8-25)24-18(26)11-15-12-21-17-6-4-3-5-16(15)17/h3-6,12,21H,7-11H2,1-2H3,(H,24,26). The Balaban J connectivity index is 1.50. The Morgan fingerprint density at radius 2 is 1.89 bits per heavy atom. The fourth-order valence-corrected chi connectivity index (χ4v) is 3.42. The number of nitrogens with zero attached hydrogens (tertiary/aromatic N) is 3. The van der Waals surface area contributed by atoms with Crippen molar-refractivity contribution in [3.63, 3.8) is 0 Å². The first-order chi connectivity index (χ1) is 13.1. The Morgan fingerprint density at radius 3 is 2.63 bits per heavy atom. The highest BCUT2D eigenvalue weighted by molar-refractivity contribution is 5.96. The van der Waals surface area contributed by atoms with Gasteiger partial charge in [0.1, 0.15) is 0 Å². The van der Waals surface area contributed by atoms with Gasteiger partial charge in [0.2, 0.25) is 11.9 Å². The molecule has 0 saturated carbocycles. The maximum absolute atomic E-state index is 12.6. The highest BCUT2D eigenvalue weighted by Gasteiger charge is 2.18. The van der Waals surface area contributed by atoms with Gasteiger partial charge in [-0.2, -0.15) is 0 Å². The van der Waals surface area contributed by atoms with E-state index in [9.17, 15) is 4.79 Å². The summed E-state index contributed by atoms with van der Waals surface area (Å²) in [7, 11) is 0. The number of ether oxygens (including phenoxy) is 1. The van der Waals surface area contributed by atoms with E-state index in [1.54, 1.807) is 0 Å². The Bertz CT molecular complexity index is 952. The van der Waals surface area contributed by atoms with E-state index in [2.05, 4.69) is 25.2 Å². The maximum atomic E-state index is 12.6. The normalized spacial score (nSPS) is 14.5. The number of fused-ring (bicyclic) bond motifs is 1. The molecule has 2 N–H and O–H groups in total. The summed E-state index contributed by atoms with van der Waals surface area (Å²) in [5.41, 5.74) is 4.25. The van der Waals surface area contributed by atoms with E-state index in [-0.39, 0.29) is 5.91 Å². The van der Waals surface area contributed by atoms with Gasteiger partial charge in [0.25, 0.3) is 0 Å². The van der Waals surface area contributed by atoms with Gasteiger partial charge in [-0.1, -0.05) is 18.2 Å². The molecule has 1 aromatic carbocycles. The second-order valence-corrected chi connectivity index (χ2v) is 6.75. The van der Waals surface area contributed by atoms with Gasteiger partial charge in [-0.3, -0.25) is 4.79 Å². The van der Waals surface area contributed by atoms with Crippen molar-refractivity contribution in [1.29, 1.82) is 0 Å². The Hall–Kier alpha value is -2.93. The van der Waals surface area contributed by atoms with E-state index >= 15 is 0 Å². The van der Waals surface area contributed by atoms with E-state index in [1.807, 2.05) is 44.3 Å². The summed E-state index contributed by atoms with van der Waals surface area (Å²) in [6.07, 6.45) is 2.19. The number of H-pyrrole nitrogens is 1. The number of aryl methyl sites for hydroxylation is 2. The van der Waals surface area contributed by atoms with Crippen molar-refractivity contribution >= 4 is 28.4 Å². The van der Waals surface area contributed by atoms with Crippen molar-refractivity contribution in [2.45, 2.75) is 20.3 Å². The summed E-state index contributed by atoms with van der Waals surface area (Å²) in [5.74, 6) is 0.622. The van der Waals surface area contributed by atoms with Crippen LogP contribution in [0.2, 0.25) is 0 Å². The molecule has 27 heavy (non-hydrogen) atoms. The molecule has 1 amide bonds. The van der Waals surface area contributed by atoms with Crippen LogP contribution in [-0.4, -0.2) is 47.2 Å². The van der Waals surface area contributed by atoms with Gasteiger partial charge in [-0.05, 0) is 25.5 Å². The molecule has 0 radical (unpaired) electrons. The van der Waals surface area contributed by atoms with Crippen molar-refractivity contribution in [2.75, 3.05) is 36.5 Å². The molecule has 0 atom stereocenters. The van der Waals surface area contributed by atoms with Crippen LogP contribution in [0, 0.1) is 13.8 Å². The zero-order valence-corrected chi connectivity index (χ0v) is 15.6. The molecule has 7 heteroatoms. The molecule has 3 heterocycles. The van der Waals surface area contributed by atoms with Crippen LogP contribution in [0.1, 0.15) is 17.0 Å². The summed E-state index contributed by atoms with van der Waals surface area (Å²) in [4.78, 5) is 27.1. The third kappa shape index (κ3) is 3.64. The zero-order valence-electron chi connectivity index (χ0n) is 15.6. The van der Waals surface area contributed by atoms with E-state index in [4.69, 9.17) is 4.74 Å². The molecule has 7 nitrogen and oxygen atoms in total. The Labute approximate surface area is 157 Å². The minimum atomic E-state index is -0.0753. The minimum Gasteiger partial charge on any atom is -0.378 e. The van der Waals surface area contributed by atoms with Gasteiger partial charge in [0, 0.05) is 30.2 Å². The third-order valence-electron chi connectivity index (χ3n) is 4.84. The van der Waals surface area contributed by atoms with Gasteiger partial charge in [0.15, 0.2) is 0 Å². The molecule has 0 unspecified atom stereocenters. The molecule has 1 aliphatic rings. The van der Waals surface area contributed by atoms with Gasteiger partial charge in [-0.15, -0.1) is 0 Å². The van der Waals surface area contributed by atoms with E-state index in [0.717, 1.165) is 40.9 Å². The smallest absolute Gasteiger partial charge is 0.228 e. The topological polar surface area (TPSA) is 83.1 Å². The number of carbonyl (C=O) groups excluding carboxylic acids is 1. The lowest BCUT2D eigenvalue weighted by Gasteiger charge is -2.27. The predicted molar refractivity (Wildman–Crippen MR) is 105 cm³/mol. The molecule has 2 aromatic heterocycles. The van der Waals surface area contributed by atoms with Crippen LogP contribution >= 0.6 is 0 Å². The lowest BCUT2D eigenvalue weighted by molar-refractivity contribution is -0.115. The van der Waals surface area contributed by atoms with Crippen LogP contribution < -0.4 is 10.2 Å². The lowest BCUT2D eigenvalue weighted by Crippen LogP contribution is -2.37. The van der Waals surface area contributed by atoms with Crippen LogP contribution in [0.3, 0.4) is 0 Å². The number of para-hydroxylation sites is 1. The van der Waals surface area contributed by atoms with Gasteiger partial charge >= 0.3 is 0 Å². The van der Waals surface area contributed by atoms with Crippen molar-refractivity contribution in [3.05, 3.63) is 47.4 Å². The molecule has 0 spiro atoms. The first-order valence-corrected chi connectivity index (χ1v) is 9.14. The first-order valence-electron chi connectivity index (χ1n) is 9.14. The summed E-state index contributed by atoms with van der Waals surface area (Å²) in [5, 5.41) is 4.06. The third-order valence-corrected chi connectivity index (χ3v) is 4.84. The lowest BCUT2D eigenvalue weighted by atomic mass is 10.1. The number of aromatic nitrogens is 3. The quantitative estimate of drug-likeness (QED) is 0.743. The van der Waals surface area contributed by atoms with Crippen LogP contribution in [0.15, 0.2) is 30.5 Å². The molecule has 1 fully saturated rings. The molecule has 1 aliphatic heterocycles. The zero-order chi connectivity index (χ0) is 18.8. The SMILES string of the molecule is Cc1nc(N2CCOCC2)nc(C)c1NC(=O)Cc1c[nH]c2ccccc12. The predicted octanol–water partition coefficient (Wildman–Crippen LogP) is 2.59. The average Bonchev–Trinajstić information content (AvgIpc) is 3.08. The molecular weight excluding hydrogens is 342 g/mol. The first kappa shape index (κ1) is 17.5. The summed E-state index contributed by atoms with van der Waals surface area (Å²) < 4.78 is 5.38. The van der Waals surface area contributed by atoms with Crippen LogP contribution in [0.5, 0.6) is 0 Å². The number of hydrogen-bond donors (Lipinski definition) is 2. The van der Waals surface area contributed by atoms with E-state index in [0.29, 0.717) is 31.3 Å². The number of anilines is 2. The van der Waals surface area contributed by atoms with Crippen molar-refractivity contribution < 1.29 is 9.53 Å². The van der Waals surface area contributed by atoms with Gasteiger partial charge in [-0.25, -0.2) is 9.97 Å². The molecule has 3 aromatic rings. The summed E-state index contributed by atoms with van der Waals surface area (Å²) >= 11 is 0. The summed E-state index contributed by atoms with van der Waals surface area (Å²) in [6, 6.07) is 7.97. The van der Waals surface area contributed by atoms with Crippen molar-refractivity contribution in [3.8, 4) is 0 Å². The Morgan fingerprint density at radius 1 is 1.19 bits per heavy atom. The number of aromatic amines is 1. The second kappa shape index (κ2) is 7.36. The highest BCUT2D eigenvalue weighted by atomic mass is 16.5. The molecule has 1 saturated heterocycles. The highest BCUT2D eigenvalue weighted by Crippen LogP contribution is 2.22. The number of carbonyl (C=O) groups is 1. The number of hydrogen-bond acceptors (Lipinski definition) is 5. The Kier molecular flexibility index (Phi) is 4.77. The molecule has 0 bridgehead atoms. The number of rotatable bonds is 4. The van der Waals surface area contributed by atoms with Crippen LogP contribution in [-0.2, 0) is 16.0 Å². The number of nitrogens with one attached hydrogen (secondary N) is 2. The number of benzene rings is 1. The van der Waals surface area contributed by atoms with Crippen LogP contribution in [0.4, 0.5) is 11.6 Å². The van der Waals surface area contributed by atoms with E-state index in [1.165, 1.54) is 0 Å². The fourth-order valence-electron chi connectivity index (χ4n) is 3.42. The van der Waals surface area contributed by atoms with Gasteiger partial charge < -0.3 is 19.9 Å². The largest absolute Gasteiger partial charge is 0.378 e. The maximum Gasteiger partial charge on any atom is 0.228 e. The minimum absolute atomic E-state index is 0.0753. The van der Waals surface area contributed by atoms with Crippen molar-refractivity contribution in [2.24, 2.45) is 0 Å². The number of morpholine rings is 1. The molecular formula is C20H23N5O2.